The SMILES string of the molecule is C[C@@H](O)[C@H](N)C(=O)N[C@@H](CCCCN)C(=O)N1CCC[C@H]1C(=O)N[C@@H](CCCN=C(N)N)C(=O)N[C@H](C(=O)N[C@@H](CCCCN)C(=O)N1CCC[C@H]1C(=O)N[C@@H](CCCN=C(N)N)C(=O)O)[C@@H](C)O. The molecular formula is C42H78N16O11. The van der Waals surface area contributed by atoms with Crippen molar-refractivity contribution in [3.63, 3.8) is 0 Å². The largest absolute Gasteiger partial charge is 0.480 e. The second-order valence-electron chi connectivity index (χ2n) is 17.4. The molecule has 22 N–H and O–H groups in total. The van der Waals surface area contributed by atoms with Crippen LogP contribution in [-0.2, 0) is 38.4 Å². The summed E-state index contributed by atoms with van der Waals surface area (Å²) in [7, 11) is 0. The minimum atomic E-state index is -1.68. The van der Waals surface area contributed by atoms with Gasteiger partial charge in [0.25, 0.3) is 0 Å². The summed E-state index contributed by atoms with van der Waals surface area (Å²) in [6.45, 7) is 3.61. The van der Waals surface area contributed by atoms with Crippen LogP contribution in [0.5, 0.6) is 0 Å². The molecule has 0 spiro atoms. The van der Waals surface area contributed by atoms with Crippen LogP contribution in [0.15, 0.2) is 9.98 Å². The van der Waals surface area contributed by atoms with E-state index in [9.17, 15) is 53.7 Å². The second kappa shape index (κ2) is 30.6. The fourth-order valence-electron chi connectivity index (χ4n) is 7.98. The maximum atomic E-state index is 14.2. The molecule has 69 heavy (non-hydrogen) atoms. The van der Waals surface area contributed by atoms with Crippen molar-refractivity contribution >= 4 is 59.2 Å². The van der Waals surface area contributed by atoms with Crippen LogP contribution in [0.1, 0.15) is 104 Å². The number of rotatable bonds is 31. The number of nitrogens with two attached hydrogens (primary N) is 7. The number of hydrogen-bond acceptors (Lipinski definition) is 15. The maximum Gasteiger partial charge on any atom is 0.326 e. The molecule has 10 atom stereocenters. The summed E-state index contributed by atoms with van der Waals surface area (Å²) in [6.07, 6.45) is 0.833. The zero-order valence-electron chi connectivity index (χ0n) is 39.9. The summed E-state index contributed by atoms with van der Waals surface area (Å²) < 4.78 is 0. The smallest absolute Gasteiger partial charge is 0.326 e. The third-order valence-electron chi connectivity index (χ3n) is 11.8. The average Bonchev–Trinajstić information content (AvgIpc) is 4.00. The number of carboxylic acids is 1. The van der Waals surface area contributed by atoms with Gasteiger partial charge in [0.2, 0.25) is 41.4 Å². The zero-order chi connectivity index (χ0) is 51.8. The topological polar surface area (TPSA) is 471 Å². The normalized spacial score (nSPS) is 19.1. The highest BCUT2D eigenvalue weighted by Gasteiger charge is 2.42. The number of carbonyl (C=O) groups is 8. The molecule has 0 aromatic rings. The first-order valence-electron chi connectivity index (χ1n) is 23.6. The number of aliphatic carboxylic acids is 1. The highest BCUT2D eigenvalue weighted by molar-refractivity contribution is 5.98. The Kier molecular flexibility index (Phi) is 26.2. The van der Waals surface area contributed by atoms with Gasteiger partial charge in [-0.15, -0.1) is 0 Å². The molecular weight excluding hydrogens is 905 g/mol. The number of hydrogen-bond donors (Lipinski definition) is 15. The summed E-state index contributed by atoms with van der Waals surface area (Å²) in [5.41, 5.74) is 38.8. The molecule has 2 aliphatic rings. The summed E-state index contributed by atoms with van der Waals surface area (Å²) in [5, 5.41) is 43.4. The van der Waals surface area contributed by atoms with E-state index in [1.807, 2.05) is 0 Å². The van der Waals surface area contributed by atoms with Crippen molar-refractivity contribution in [1.82, 2.24) is 36.4 Å². The van der Waals surface area contributed by atoms with Gasteiger partial charge in [0.15, 0.2) is 11.9 Å². The number of carboxylic acid groups (broad SMARTS) is 1. The molecule has 27 heteroatoms. The summed E-state index contributed by atoms with van der Waals surface area (Å²) in [4.78, 5) is 119. The molecule has 0 aliphatic carbocycles. The highest BCUT2D eigenvalue weighted by atomic mass is 16.4. The Hall–Kier alpha value is -5.90. The number of aliphatic imine (C=N–C) groups is 2. The van der Waals surface area contributed by atoms with Crippen LogP contribution in [0, 0.1) is 0 Å². The van der Waals surface area contributed by atoms with Gasteiger partial charge >= 0.3 is 5.97 Å². The minimum absolute atomic E-state index is 0.00168. The van der Waals surface area contributed by atoms with Gasteiger partial charge in [-0.3, -0.25) is 43.5 Å². The first-order valence-corrected chi connectivity index (χ1v) is 23.6. The van der Waals surface area contributed by atoms with Crippen LogP contribution in [-0.4, -0.2) is 184 Å². The van der Waals surface area contributed by atoms with Crippen molar-refractivity contribution in [1.29, 1.82) is 0 Å². The number of aliphatic hydroxyl groups excluding tert-OH is 2. The number of carbonyl (C=O) groups excluding carboxylic acids is 7. The van der Waals surface area contributed by atoms with E-state index in [0.29, 0.717) is 45.1 Å². The van der Waals surface area contributed by atoms with E-state index in [0.717, 1.165) is 0 Å². The van der Waals surface area contributed by atoms with Crippen molar-refractivity contribution in [3.05, 3.63) is 0 Å². The molecule has 0 bridgehead atoms. The molecule has 2 saturated heterocycles. The first-order chi connectivity index (χ1) is 32.6. The average molecular weight is 983 g/mol. The lowest BCUT2D eigenvalue weighted by atomic mass is 10.0. The zero-order valence-corrected chi connectivity index (χ0v) is 39.9. The summed E-state index contributed by atoms with van der Waals surface area (Å²) in [6, 6.07) is -10.2. The van der Waals surface area contributed by atoms with Gasteiger partial charge < -0.3 is 91.8 Å². The van der Waals surface area contributed by atoms with Crippen molar-refractivity contribution in [2.45, 2.75) is 164 Å². The first kappa shape index (κ1) is 59.2. The molecule has 0 aromatic carbocycles. The lowest BCUT2D eigenvalue weighted by Crippen LogP contribution is -2.61. The monoisotopic (exact) mass is 983 g/mol. The van der Waals surface area contributed by atoms with Gasteiger partial charge in [0.1, 0.15) is 48.3 Å². The van der Waals surface area contributed by atoms with E-state index in [1.54, 1.807) is 0 Å². The van der Waals surface area contributed by atoms with Crippen LogP contribution in [0.4, 0.5) is 0 Å². The number of aliphatic hydroxyl groups is 2. The molecule has 2 fully saturated rings. The van der Waals surface area contributed by atoms with Crippen molar-refractivity contribution in [2.24, 2.45) is 50.1 Å². The van der Waals surface area contributed by atoms with Gasteiger partial charge in [-0.05, 0) is 117 Å². The minimum Gasteiger partial charge on any atom is -0.480 e. The third kappa shape index (κ3) is 19.9. The molecule has 0 aromatic heterocycles. The quantitative estimate of drug-likeness (QED) is 0.0175. The van der Waals surface area contributed by atoms with Crippen LogP contribution >= 0.6 is 0 Å². The lowest BCUT2D eigenvalue weighted by Gasteiger charge is -2.32. The third-order valence-corrected chi connectivity index (χ3v) is 11.8. The van der Waals surface area contributed by atoms with E-state index >= 15 is 0 Å². The fourth-order valence-corrected chi connectivity index (χ4v) is 7.98. The Labute approximate surface area is 402 Å². The maximum absolute atomic E-state index is 14.2. The Bertz CT molecular complexity index is 1780. The number of amides is 7. The van der Waals surface area contributed by atoms with Gasteiger partial charge in [0, 0.05) is 26.2 Å². The number of guanidine groups is 2. The molecule has 0 radical (unpaired) electrons. The molecule has 2 heterocycles. The van der Waals surface area contributed by atoms with Crippen molar-refractivity contribution < 1.29 is 53.7 Å². The van der Waals surface area contributed by atoms with Gasteiger partial charge in [-0.2, -0.15) is 0 Å². The number of unbranched alkanes of at least 4 members (excludes halogenated alkanes) is 2. The predicted molar refractivity (Wildman–Crippen MR) is 254 cm³/mol. The van der Waals surface area contributed by atoms with E-state index in [4.69, 9.17) is 40.1 Å². The molecule has 0 saturated carbocycles. The standard InChI is InChI=1S/C42H78N16O11/c1-23(59)31(45)36(64)53-26(11-3-5-17-43)38(66)57-21-9-15-29(57)34(62)52-25(13-7-19-50-41(46)47)33(61)56-32(24(2)60)37(65)54-27(12-4-6-18-44)39(67)58-22-10-16-30(58)35(63)55-28(40(68)69)14-8-20-51-42(48)49/h23-32,59-60H,3-22,43-45H2,1-2H3,(H,52,62)(H,53,64)(H,54,65)(H,55,63)(H,56,61)(H,68,69)(H4,46,47,50)(H4,48,49,51)/t23-,24-,25+,26+,27+,28+,29+,30+,31+,32+/m1/s1. The Morgan fingerprint density at radius 1 is 0.565 bits per heavy atom. The molecule has 7 amide bonds. The van der Waals surface area contributed by atoms with Crippen LogP contribution < -0.4 is 66.7 Å². The number of likely N-dealkylation sites (tertiary alicyclic amines) is 2. The van der Waals surface area contributed by atoms with Gasteiger partial charge in [0.05, 0.1) is 12.2 Å². The van der Waals surface area contributed by atoms with Crippen LogP contribution in [0.25, 0.3) is 0 Å². The Morgan fingerprint density at radius 3 is 1.39 bits per heavy atom. The van der Waals surface area contributed by atoms with Gasteiger partial charge in [-0.1, -0.05) is 0 Å². The van der Waals surface area contributed by atoms with E-state index < -0.39 is 108 Å². The lowest BCUT2D eigenvalue weighted by molar-refractivity contribution is -0.145. The van der Waals surface area contributed by atoms with Crippen LogP contribution in [0.3, 0.4) is 0 Å². The molecule has 0 unspecified atom stereocenters. The predicted octanol–water partition coefficient (Wildman–Crippen LogP) is -6.07. The number of nitrogens with zero attached hydrogens (tertiary/aromatic N) is 4. The van der Waals surface area contributed by atoms with E-state index in [1.165, 1.54) is 23.6 Å². The van der Waals surface area contributed by atoms with Crippen molar-refractivity contribution in [2.75, 3.05) is 39.3 Å². The molecule has 2 rings (SSSR count). The molecule has 2 aliphatic heterocycles. The van der Waals surface area contributed by atoms with E-state index in [-0.39, 0.29) is 96.0 Å². The van der Waals surface area contributed by atoms with Crippen LogP contribution in [0.2, 0.25) is 0 Å². The highest BCUT2D eigenvalue weighted by Crippen LogP contribution is 2.22. The number of nitrogens with one attached hydrogen (secondary N) is 5. The van der Waals surface area contributed by atoms with Crippen molar-refractivity contribution in [3.8, 4) is 0 Å². The fraction of sp³-hybridized carbons (Fsp3) is 0.762. The Morgan fingerprint density at radius 2 is 0.986 bits per heavy atom. The molecule has 392 valence electrons. The van der Waals surface area contributed by atoms with E-state index in [2.05, 4.69) is 36.6 Å². The summed E-state index contributed by atoms with van der Waals surface area (Å²) in [5.74, 6) is -6.97. The second-order valence-corrected chi connectivity index (χ2v) is 17.4. The van der Waals surface area contributed by atoms with Gasteiger partial charge in [-0.25, -0.2) is 4.79 Å². The Balaban J connectivity index is 2.34. The summed E-state index contributed by atoms with van der Waals surface area (Å²) >= 11 is 0. The molecule has 27 nitrogen and oxygen atoms in total.